The first-order valence-corrected chi connectivity index (χ1v) is 9.17. The summed E-state index contributed by atoms with van der Waals surface area (Å²) in [6, 6.07) is 15.0. The summed E-state index contributed by atoms with van der Waals surface area (Å²) in [6.45, 7) is 0. The van der Waals surface area contributed by atoms with E-state index in [0.717, 1.165) is 10.4 Å². The number of aromatic nitrogens is 2. The lowest BCUT2D eigenvalue weighted by Gasteiger charge is -2.17. The van der Waals surface area contributed by atoms with Gasteiger partial charge in [0.05, 0.1) is 23.0 Å². The number of nitrogens with zero attached hydrogens (tertiary/aromatic N) is 6. The average Bonchev–Trinajstić information content (AvgIpc) is 3.41. The van der Waals surface area contributed by atoms with Gasteiger partial charge in [-0.05, 0) is 42.5 Å². The van der Waals surface area contributed by atoms with E-state index in [9.17, 15) is 18.0 Å². The largest absolute Gasteiger partial charge is 0.435 e. The van der Waals surface area contributed by atoms with Gasteiger partial charge in [-0.1, -0.05) is 6.07 Å². The number of rotatable bonds is 4. The molecule has 0 spiro atoms. The van der Waals surface area contributed by atoms with Crippen LogP contribution in [0.25, 0.3) is 5.69 Å². The summed E-state index contributed by atoms with van der Waals surface area (Å²) < 4.78 is 40.7. The molecule has 0 saturated heterocycles. The summed E-state index contributed by atoms with van der Waals surface area (Å²) in [5.74, 6) is -0.788. The second-order valence-corrected chi connectivity index (χ2v) is 6.71. The van der Waals surface area contributed by atoms with Crippen LogP contribution in [0.3, 0.4) is 0 Å². The van der Waals surface area contributed by atoms with Crippen molar-refractivity contribution in [3.8, 4) is 11.8 Å². The molecule has 1 aliphatic rings. The number of nitriles is 1. The fraction of sp³-hybridized carbons (Fsp3) is 0.100. The minimum absolute atomic E-state index is 0.156. The highest BCUT2D eigenvalue weighted by Crippen LogP contribution is 2.30. The Morgan fingerprint density at radius 1 is 1.12 bits per heavy atom. The fourth-order valence-corrected chi connectivity index (χ4v) is 2.95. The second-order valence-electron chi connectivity index (χ2n) is 6.71. The van der Waals surface area contributed by atoms with E-state index in [-0.39, 0.29) is 16.9 Å². The highest BCUT2D eigenvalue weighted by atomic mass is 19.4. The average molecular weight is 440 g/mol. The van der Waals surface area contributed by atoms with Crippen LogP contribution in [0, 0.1) is 11.3 Å². The van der Waals surface area contributed by atoms with Crippen molar-refractivity contribution in [2.45, 2.75) is 6.18 Å². The minimum atomic E-state index is -4.74. The molecule has 0 radical (unpaired) electrons. The van der Waals surface area contributed by atoms with Crippen LogP contribution >= 0.6 is 0 Å². The van der Waals surface area contributed by atoms with E-state index in [0.29, 0.717) is 11.8 Å². The SMILES string of the molecule is CN1N=CN(c2ccc(NC(=O)c3cc(C(F)(F)F)nn3-c3cccc(C#N)c3)cc2)N1. The van der Waals surface area contributed by atoms with Crippen LogP contribution in [0.1, 0.15) is 21.7 Å². The van der Waals surface area contributed by atoms with E-state index >= 15 is 0 Å². The zero-order chi connectivity index (χ0) is 22.9. The maximum absolute atomic E-state index is 13.3. The van der Waals surface area contributed by atoms with Gasteiger partial charge in [-0.3, -0.25) is 4.79 Å². The zero-order valence-corrected chi connectivity index (χ0v) is 16.5. The molecule has 162 valence electrons. The van der Waals surface area contributed by atoms with Crippen molar-refractivity contribution in [1.82, 2.24) is 20.4 Å². The minimum Gasteiger partial charge on any atom is -0.321 e. The molecule has 1 aromatic heterocycles. The lowest BCUT2D eigenvalue weighted by molar-refractivity contribution is -0.141. The smallest absolute Gasteiger partial charge is 0.321 e. The van der Waals surface area contributed by atoms with Crippen LogP contribution in [-0.4, -0.2) is 34.2 Å². The van der Waals surface area contributed by atoms with Crippen LogP contribution in [0.4, 0.5) is 24.5 Å². The number of benzene rings is 2. The molecule has 2 aromatic carbocycles. The summed E-state index contributed by atoms with van der Waals surface area (Å²) in [4.78, 5) is 12.8. The number of hydrogen-bond acceptors (Lipinski definition) is 7. The topological polar surface area (TPSA) is 102 Å². The Morgan fingerprint density at radius 2 is 1.88 bits per heavy atom. The van der Waals surface area contributed by atoms with Crippen LogP contribution in [0.5, 0.6) is 0 Å². The normalized spacial score (nSPS) is 13.3. The Bertz CT molecular complexity index is 1230. The van der Waals surface area contributed by atoms with E-state index in [2.05, 4.69) is 21.1 Å². The Kier molecular flexibility index (Phi) is 5.25. The number of hydrazine groups is 2. The maximum atomic E-state index is 13.3. The summed E-state index contributed by atoms with van der Waals surface area (Å²) in [6.07, 6.45) is -3.19. The van der Waals surface area contributed by atoms with Crippen molar-refractivity contribution in [1.29, 1.82) is 5.26 Å². The molecule has 0 fully saturated rings. The highest BCUT2D eigenvalue weighted by molar-refractivity contribution is 6.03. The zero-order valence-electron chi connectivity index (χ0n) is 16.5. The van der Waals surface area contributed by atoms with Gasteiger partial charge in [0.15, 0.2) is 5.69 Å². The molecule has 0 unspecified atom stereocenters. The molecule has 0 atom stereocenters. The molecular weight excluding hydrogens is 425 g/mol. The number of hydrazone groups is 1. The van der Waals surface area contributed by atoms with Crippen molar-refractivity contribution in [2.24, 2.45) is 5.10 Å². The number of halogens is 3. The van der Waals surface area contributed by atoms with Gasteiger partial charge in [0.25, 0.3) is 5.91 Å². The molecule has 3 aromatic rings. The van der Waals surface area contributed by atoms with Gasteiger partial charge >= 0.3 is 6.18 Å². The first kappa shape index (κ1) is 20.9. The van der Waals surface area contributed by atoms with Gasteiger partial charge < -0.3 is 5.32 Å². The van der Waals surface area contributed by atoms with Gasteiger partial charge in [0, 0.05) is 18.8 Å². The summed E-state index contributed by atoms with van der Waals surface area (Å²) in [7, 11) is 1.72. The van der Waals surface area contributed by atoms with Crippen molar-refractivity contribution in [3.63, 3.8) is 0 Å². The maximum Gasteiger partial charge on any atom is 0.435 e. The number of alkyl halides is 3. The Labute approximate surface area is 179 Å². The highest BCUT2D eigenvalue weighted by Gasteiger charge is 2.36. The molecule has 2 N–H and O–H groups in total. The number of hydrogen-bond donors (Lipinski definition) is 2. The monoisotopic (exact) mass is 440 g/mol. The third kappa shape index (κ3) is 4.23. The molecule has 0 bridgehead atoms. The van der Waals surface area contributed by atoms with E-state index < -0.39 is 17.8 Å². The van der Waals surface area contributed by atoms with Gasteiger partial charge in [0.2, 0.25) is 0 Å². The van der Waals surface area contributed by atoms with Crippen molar-refractivity contribution in [2.75, 3.05) is 17.4 Å². The molecule has 0 saturated carbocycles. The van der Waals surface area contributed by atoms with E-state index in [1.165, 1.54) is 29.4 Å². The third-order valence-electron chi connectivity index (χ3n) is 4.45. The van der Waals surface area contributed by atoms with Crippen LogP contribution in [0.15, 0.2) is 59.7 Å². The lowest BCUT2D eigenvalue weighted by atomic mass is 10.2. The Balaban J connectivity index is 1.62. The molecular formula is C20H15F3N8O. The van der Waals surface area contributed by atoms with Crippen LogP contribution < -0.4 is 15.9 Å². The molecule has 9 nitrogen and oxygen atoms in total. The lowest BCUT2D eigenvalue weighted by Crippen LogP contribution is -2.38. The molecule has 0 aliphatic carbocycles. The van der Waals surface area contributed by atoms with E-state index in [1.807, 2.05) is 6.07 Å². The van der Waals surface area contributed by atoms with Crippen molar-refractivity contribution >= 4 is 23.6 Å². The summed E-state index contributed by atoms with van der Waals surface area (Å²) in [5, 5.41) is 22.3. The second kappa shape index (κ2) is 8.05. The van der Waals surface area contributed by atoms with Gasteiger partial charge in [-0.2, -0.15) is 23.5 Å². The molecule has 1 amide bonds. The quantitative estimate of drug-likeness (QED) is 0.647. The predicted molar refractivity (Wildman–Crippen MR) is 110 cm³/mol. The predicted octanol–water partition coefficient (Wildman–Crippen LogP) is 3.13. The van der Waals surface area contributed by atoms with E-state index in [1.54, 1.807) is 42.7 Å². The van der Waals surface area contributed by atoms with Gasteiger partial charge in [0.1, 0.15) is 12.0 Å². The van der Waals surface area contributed by atoms with Gasteiger partial charge in [-0.15, -0.1) is 10.6 Å². The third-order valence-corrected chi connectivity index (χ3v) is 4.45. The Morgan fingerprint density at radius 3 is 2.50 bits per heavy atom. The standard InChI is InChI=1S/C20H15F3N8O/c1-29-25-12-30(28-29)15-7-5-14(6-8-15)26-19(32)17-10-18(20(21,22)23)27-31(17)16-4-2-3-13(9-16)11-24/h2-10,12,28H,1H3,(H,26,32). The first-order chi connectivity index (χ1) is 15.2. The number of anilines is 2. The number of carbonyl (C=O) groups excluding carboxylic acids is 1. The first-order valence-electron chi connectivity index (χ1n) is 9.17. The van der Waals surface area contributed by atoms with Gasteiger partial charge in [-0.25, -0.2) is 14.8 Å². The number of nitrogens with one attached hydrogen (secondary N) is 2. The fourth-order valence-electron chi connectivity index (χ4n) is 2.95. The van der Waals surface area contributed by atoms with Crippen molar-refractivity contribution in [3.05, 3.63) is 71.5 Å². The number of carbonyl (C=O) groups is 1. The molecule has 2 heterocycles. The van der Waals surface area contributed by atoms with E-state index in [4.69, 9.17) is 5.26 Å². The molecule has 1 aliphatic heterocycles. The van der Waals surface area contributed by atoms with Crippen LogP contribution in [-0.2, 0) is 6.18 Å². The molecule has 12 heteroatoms. The Hall–Kier alpha value is -4.37. The number of amides is 1. The summed E-state index contributed by atoms with van der Waals surface area (Å²) >= 11 is 0. The summed E-state index contributed by atoms with van der Waals surface area (Å²) in [5.41, 5.74) is 2.86. The van der Waals surface area contributed by atoms with Crippen LogP contribution in [0.2, 0.25) is 0 Å². The molecule has 4 rings (SSSR count). The molecule has 32 heavy (non-hydrogen) atoms. The van der Waals surface area contributed by atoms with Crippen molar-refractivity contribution < 1.29 is 18.0 Å².